The zero-order valence-electron chi connectivity index (χ0n) is 12.4. The maximum Gasteiger partial charge on any atom is 0.119 e. The first-order chi connectivity index (χ1) is 9.35. The van der Waals surface area contributed by atoms with Gasteiger partial charge in [-0.3, -0.25) is 0 Å². The summed E-state index contributed by atoms with van der Waals surface area (Å²) in [7, 11) is 0. The van der Waals surface area contributed by atoms with E-state index in [4.69, 9.17) is 4.74 Å². The molecule has 1 aliphatic rings. The van der Waals surface area contributed by atoms with E-state index in [-0.39, 0.29) is 0 Å². The largest absolute Gasteiger partial charge is 0.494 e. The molecule has 106 valence electrons. The SMILES string of the molecule is CCCCCOc1ccc2c(c1)CCCC2NCC. The van der Waals surface area contributed by atoms with E-state index in [1.807, 2.05) is 0 Å². The van der Waals surface area contributed by atoms with Crippen LogP contribution in [-0.4, -0.2) is 13.2 Å². The van der Waals surface area contributed by atoms with Crippen molar-refractivity contribution in [1.82, 2.24) is 5.32 Å². The van der Waals surface area contributed by atoms with Crippen molar-refractivity contribution in [3.63, 3.8) is 0 Å². The predicted octanol–water partition coefficient (Wildman–Crippen LogP) is 4.24. The van der Waals surface area contributed by atoms with Gasteiger partial charge in [0.15, 0.2) is 0 Å². The monoisotopic (exact) mass is 261 g/mol. The van der Waals surface area contributed by atoms with Crippen molar-refractivity contribution in [1.29, 1.82) is 0 Å². The molecule has 1 aromatic rings. The number of benzene rings is 1. The number of ether oxygens (including phenoxy) is 1. The Balaban J connectivity index is 1.98. The molecule has 0 spiro atoms. The fraction of sp³-hybridized carbons (Fsp3) is 0.647. The minimum Gasteiger partial charge on any atom is -0.494 e. The lowest BCUT2D eigenvalue weighted by molar-refractivity contribution is 0.305. The predicted molar refractivity (Wildman–Crippen MR) is 80.8 cm³/mol. The highest BCUT2D eigenvalue weighted by molar-refractivity contribution is 5.39. The van der Waals surface area contributed by atoms with Gasteiger partial charge in [0.2, 0.25) is 0 Å². The molecule has 1 aliphatic carbocycles. The Bertz CT molecular complexity index is 389. The lowest BCUT2D eigenvalue weighted by atomic mass is 9.87. The van der Waals surface area contributed by atoms with E-state index in [2.05, 4.69) is 37.4 Å². The van der Waals surface area contributed by atoms with Gasteiger partial charge in [-0.2, -0.15) is 0 Å². The molecule has 0 radical (unpaired) electrons. The summed E-state index contributed by atoms with van der Waals surface area (Å²) in [6.07, 6.45) is 7.41. The summed E-state index contributed by atoms with van der Waals surface area (Å²) in [6.45, 7) is 6.29. The first-order valence-corrected chi connectivity index (χ1v) is 7.84. The molecule has 1 N–H and O–H groups in total. The van der Waals surface area contributed by atoms with Crippen LogP contribution in [0.2, 0.25) is 0 Å². The van der Waals surface area contributed by atoms with Crippen LogP contribution in [0.3, 0.4) is 0 Å². The molecule has 2 nitrogen and oxygen atoms in total. The Morgan fingerprint density at radius 1 is 1.26 bits per heavy atom. The fourth-order valence-electron chi connectivity index (χ4n) is 2.88. The Morgan fingerprint density at radius 3 is 2.95 bits per heavy atom. The molecule has 0 heterocycles. The topological polar surface area (TPSA) is 21.3 Å². The van der Waals surface area contributed by atoms with Crippen LogP contribution in [0.1, 0.15) is 63.1 Å². The molecule has 1 aromatic carbocycles. The second-order valence-electron chi connectivity index (χ2n) is 5.42. The van der Waals surface area contributed by atoms with Gasteiger partial charge >= 0.3 is 0 Å². The van der Waals surface area contributed by atoms with E-state index in [0.29, 0.717) is 6.04 Å². The summed E-state index contributed by atoms with van der Waals surface area (Å²) in [6, 6.07) is 7.20. The van der Waals surface area contributed by atoms with Gasteiger partial charge in [0, 0.05) is 6.04 Å². The number of fused-ring (bicyclic) bond motifs is 1. The third kappa shape index (κ3) is 3.97. The lowest BCUT2D eigenvalue weighted by Gasteiger charge is -2.26. The number of hydrogen-bond acceptors (Lipinski definition) is 2. The summed E-state index contributed by atoms with van der Waals surface area (Å²) in [4.78, 5) is 0. The standard InChI is InChI=1S/C17H27NO/c1-3-5-6-12-19-15-10-11-16-14(13-15)8-7-9-17(16)18-4-2/h10-11,13,17-18H,3-9,12H2,1-2H3. The third-order valence-electron chi connectivity index (χ3n) is 3.90. The Morgan fingerprint density at radius 2 is 2.16 bits per heavy atom. The molecule has 2 heteroatoms. The lowest BCUT2D eigenvalue weighted by Crippen LogP contribution is -2.24. The van der Waals surface area contributed by atoms with Crippen molar-refractivity contribution >= 4 is 0 Å². The molecular formula is C17H27NO. The molecule has 0 saturated carbocycles. The van der Waals surface area contributed by atoms with Crippen LogP contribution in [0.15, 0.2) is 18.2 Å². The van der Waals surface area contributed by atoms with Crippen molar-refractivity contribution in [2.45, 2.75) is 58.4 Å². The molecule has 0 aromatic heterocycles. The summed E-state index contributed by atoms with van der Waals surface area (Å²) in [5.74, 6) is 1.05. The van der Waals surface area contributed by atoms with Crippen LogP contribution in [0.4, 0.5) is 0 Å². The molecular weight excluding hydrogens is 234 g/mol. The Kier molecular flexibility index (Phi) is 5.71. The van der Waals surface area contributed by atoms with E-state index in [9.17, 15) is 0 Å². The van der Waals surface area contributed by atoms with E-state index < -0.39 is 0 Å². The Labute approximate surface area is 117 Å². The van der Waals surface area contributed by atoms with Crippen LogP contribution in [-0.2, 0) is 6.42 Å². The fourth-order valence-corrected chi connectivity index (χ4v) is 2.88. The highest BCUT2D eigenvalue weighted by Crippen LogP contribution is 2.32. The van der Waals surface area contributed by atoms with Gasteiger partial charge in [-0.15, -0.1) is 0 Å². The molecule has 1 atom stereocenters. The van der Waals surface area contributed by atoms with Gasteiger partial charge in [0.1, 0.15) is 5.75 Å². The van der Waals surface area contributed by atoms with E-state index in [1.54, 1.807) is 0 Å². The maximum absolute atomic E-state index is 5.85. The number of rotatable bonds is 7. The van der Waals surface area contributed by atoms with Crippen LogP contribution in [0.25, 0.3) is 0 Å². The first kappa shape index (κ1) is 14.4. The number of unbranched alkanes of at least 4 members (excludes halogenated alkanes) is 2. The molecule has 0 fully saturated rings. The van der Waals surface area contributed by atoms with Gasteiger partial charge in [-0.05, 0) is 55.5 Å². The second kappa shape index (κ2) is 7.54. The molecule has 0 aliphatic heterocycles. The summed E-state index contributed by atoms with van der Waals surface area (Å²) < 4.78 is 5.85. The van der Waals surface area contributed by atoms with Crippen molar-refractivity contribution in [2.75, 3.05) is 13.2 Å². The summed E-state index contributed by atoms with van der Waals surface area (Å²) in [5, 5.41) is 3.58. The minimum atomic E-state index is 0.544. The van der Waals surface area contributed by atoms with Crippen molar-refractivity contribution < 1.29 is 4.74 Å². The van der Waals surface area contributed by atoms with Gasteiger partial charge < -0.3 is 10.1 Å². The van der Waals surface area contributed by atoms with Crippen LogP contribution < -0.4 is 10.1 Å². The molecule has 1 unspecified atom stereocenters. The quantitative estimate of drug-likeness (QED) is 0.741. The minimum absolute atomic E-state index is 0.544. The first-order valence-electron chi connectivity index (χ1n) is 7.84. The Hall–Kier alpha value is -1.02. The highest BCUT2D eigenvalue weighted by Gasteiger charge is 2.19. The van der Waals surface area contributed by atoms with Crippen LogP contribution in [0.5, 0.6) is 5.75 Å². The zero-order valence-corrected chi connectivity index (χ0v) is 12.4. The van der Waals surface area contributed by atoms with Crippen LogP contribution >= 0.6 is 0 Å². The smallest absolute Gasteiger partial charge is 0.119 e. The molecule has 0 amide bonds. The number of aryl methyl sites for hydroxylation is 1. The highest BCUT2D eigenvalue weighted by atomic mass is 16.5. The van der Waals surface area contributed by atoms with Gasteiger partial charge in [-0.1, -0.05) is 32.8 Å². The number of nitrogens with one attached hydrogen (secondary N) is 1. The van der Waals surface area contributed by atoms with Crippen molar-refractivity contribution in [3.05, 3.63) is 29.3 Å². The molecule has 0 bridgehead atoms. The molecule has 19 heavy (non-hydrogen) atoms. The molecule has 0 saturated heterocycles. The average molecular weight is 261 g/mol. The van der Waals surface area contributed by atoms with Crippen molar-refractivity contribution in [3.8, 4) is 5.75 Å². The maximum atomic E-state index is 5.85. The van der Waals surface area contributed by atoms with E-state index in [0.717, 1.165) is 25.3 Å². The molecule has 2 rings (SSSR count). The summed E-state index contributed by atoms with van der Waals surface area (Å²) >= 11 is 0. The average Bonchev–Trinajstić information content (AvgIpc) is 2.44. The number of hydrogen-bond donors (Lipinski definition) is 1. The van der Waals surface area contributed by atoms with Gasteiger partial charge in [0.25, 0.3) is 0 Å². The summed E-state index contributed by atoms with van der Waals surface area (Å²) in [5.41, 5.74) is 2.96. The van der Waals surface area contributed by atoms with E-state index in [1.165, 1.54) is 43.2 Å². The van der Waals surface area contributed by atoms with E-state index >= 15 is 0 Å². The van der Waals surface area contributed by atoms with Gasteiger partial charge in [-0.25, -0.2) is 0 Å². The zero-order chi connectivity index (χ0) is 13.5. The second-order valence-corrected chi connectivity index (χ2v) is 5.42. The van der Waals surface area contributed by atoms with Crippen molar-refractivity contribution in [2.24, 2.45) is 0 Å². The van der Waals surface area contributed by atoms with Gasteiger partial charge in [0.05, 0.1) is 6.61 Å². The van der Waals surface area contributed by atoms with Crippen LogP contribution in [0, 0.1) is 0 Å². The normalized spacial score (nSPS) is 18.1. The third-order valence-corrected chi connectivity index (χ3v) is 3.90.